The van der Waals surface area contributed by atoms with Crippen molar-refractivity contribution in [2.24, 2.45) is 21.7 Å². The molecule has 1 amide bonds. The van der Waals surface area contributed by atoms with Gasteiger partial charge < -0.3 is 21.8 Å². The third-order valence-electron chi connectivity index (χ3n) is 3.71. The summed E-state index contributed by atoms with van der Waals surface area (Å²) >= 11 is 0. The quantitative estimate of drug-likeness (QED) is 0.333. The molecular formula is C18H18N6O. The average Bonchev–Trinajstić information content (AvgIpc) is 3.04. The second kappa shape index (κ2) is 6.88. The second-order valence-electron chi connectivity index (χ2n) is 5.49. The van der Waals surface area contributed by atoms with Crippen LogP contribution in [0.4, 0.5) is 5.69 Å². The first-order chi connectivity index (χ1) is 12.0. The number of nitrogens with one attached hydrogen (secondary N) is 2. The Morgan fingerprint density at radius 3 is 2.48 bits per heavy atom. The van der Waals surface area contributed by atoms with Crippen LogP contribution in [0.1, 0.15) is 22.8 Å². The summed E-state index contributed by atoms with van der Waals surface area (Å²) in [5, 5.41) is 11.3. The maximum atomic E-state index is 12.5. The summed E-state index contributed by atoms with van der Waals surface area (Å²) in [4.78, 5) is 15.6. The molecule has 7 nitrogen and oxygen atoms in total. The van der Waals surface area contributed by atoms with Crippen molar-refractivity contribution in [3.8, 4) is 0 Å². The average molecular weight is 334 g/mol. The summed E-state index contributed by atoms with van der Waals surface area (Å²) in [7, 11) is 0. The fraction of sp³-hybridized carbons (Fsp3) is 0.0556. The smallest absolute Gasteiger partial charge is 0.257 e. The molecule has 0 aliphatic carbocycles. The highest BCUT2D eigenvalue weighted by molar-refractivity contribution is 6.12. The maximum absolute atomic E-state index is 12.5. The summed E-state index contributed by atoms with van der Waals surface area (Å²) in [6, 6.07) is 14.9. The minimum atomic E-state index is -0.170. The molecule has 0 spiro atoms. The third-order valence-corrected chi connectivity index (χ3v) is 3.71. The van der Waals surface area contributed by atoms with Crippen LogP contribution in [0.25, 0.3) is 10.9 Å². The Morgan fingerprint density at radius 2 is 1.76 bits per heavy atom. The molecule has 126 valence electrons. The number of aromatic nitrogens is 1. The van der Waals surface area contributed by atoms with E-state index >= 15 is 0 Å². The number of rotatable bonds is 4. The SMILES string of the molecule is CC(=NN=C(N)N)c1ccc(NC(=O)c2c[nH]c3ccccc23)cc1. The van der Waals surface area contributed by atoms with Crippen molar-refractivity contribution < 1.29 is 4.79 Å². The van der Waals surface area contributed by atoms with Crippen LogP contribution in [0.5, 0.6) is 0 Å². The van der Waals surface area contributed by atoms with E-state index in [1.165, 1.54) is 0 Å². The number of para-hydroxylation sites is 1. The number of guanidine groups is 1. The van der Waals surface area contributed by atoms with Crippen molar-refractivity contribution in [3.05, 3.63) is 65.9 Å². The standard InChI is InChI=1S/C18H18N6O/c1-11(23-24-18(19)20)12-6-8-13(9-7-12)22-17(25)15-10-21-16-5-3-2-4-14(15)16/h2-10,21H,1H3,(H,22,25)(H4,19,20,24). The van der Waals surface area contributed by atoms with Crippen molar-refractivity contribution in [3.63, 3.8) is 0 Å². The first-order valence-corrected chi connectivity index (χ1v) is 7.65. The van der Waals surface area contributed by atoms with Gasteiger partial charge in [0.05, 0.1) is 11.3 Å². The van der Waals surface area contributed by atoms with Crippen molar-refractivity contribution in [1.29, 1.82) is 0 Å². The maximum Gasteiger partial charge on any atom is 0.257 e. The molecule has 3 rings (SSSR count). The first kappa shape index (κ1) is 16.3. The Kier molecular flexibility index (Phi) is 4.47. The van der Waals surface area contributed by atoms with E-state index in [1.54, 1.807) is 25.3 Å². The van der Waals surface area contributed by atoms with E-state index in [0.29, 0.717) is 17.0 Å². The van der Waals surface area contributed by atoms with Crippen molar-refractivity contribution in [2.75, 3.05) is 5.32 Å². The van der Waals surface area contributed by atoms with Gasteiger partial charge in [-0.05, 0) is 30.7 Å². The number of carbonyl (C=O) groups excluding carboxylic acids is 1. The summed E-state index contributed by atoms with van der Waals surface area (Å²) in [5.41, 5.74) is 14.3. The Balaban J connectivity index is 1.76. The Labute approximate surface area is 144 Å². The molecule has 1 heterocycles. The number of hydrogen-bond acceptors (Lipinski definition) is 3. The molecule has 25 heavy (non-hydrogen) atoms. The number of benzene rings is 2. The molecule has 0 saturated heterocycles. The van der Waals surface area contributed by atoms with Crippen LogP contribution in [0.2, 0.25) is 0 Å². The molecule has 3 aromatic rings. The Morgan fingerprint density at radius 1 is 1.04 bits per heavy atom. The van der Waals surface area contributed by atoms with Crippen LogP contribution in [-0.2, 0) is 0 Å². The molecule has 1 aromatic heterocycles. The molecule has 0 unspecified atom stereocenters. The fourth-order valence-corrected chi connectivity index (χ4v) is 2.44. The van der Waals surface area contributed by atoms with Crippen molar-refractivity contribution in [1.82, 2.24) is 4.98 Å². The molecule has 0 radical (unpaired) electrons. The third kappa shape index (κ3) is 3.66. The fourth-order valence-electron chi connectivity index (χ4n) is 2.44. The summed E-state index contributed by atoms with van der Waals surface area (Å²) in [6.07, 6.45) is 1.71. The number of fused-ring (bicyclic) bond motifs is 1. The van der Waals surface area contributed by atoms with Gasteiger partial charge in [-0.15, -0.1) is 5.10 Å². The van der Waals surface area contributed by atoms with Gasteiger partial charge in [0.25, 0.3) is 5.91 Å². The predicted octanol–water partition coefficient (Wildman–Crippen LogP) is 2.42. The van der Waals surface area contributed by atoms with E-state index < -0.39 is 0 Å². The molecule has 0 aliphatic rings. The lowest BCUT2D eigenvalue weighted by Gasteiger charge is -2.06. The topological polar surface area (TPSA) is 122 Å². The van der Waals surface area contributed by atoms with Crippen LogP contribution in [-0.4, -0.2) is 22.6 Å². The largest absolute Gasteiger partial charge is 0.369 e. The number of anilines is 1. The van der Waals surface area contributed by atoms with Gasteiger partial charge in [-0.2, -0.15) is 5.10 Å². The number of aromatic amines is 1. The van der Waals surface area contributed by atoms with E-state index in [1.807, 2.05) is 36.4 Å². The number of hydrogen-bond donors (Lipinski definition) is 4. The van der Waals surface area contributed by atoms with E-state index in [4.69, 9.17) is 11.5 Å². The van der Waals surface area contributed by atoms with E-state index in [2.05, 4.69) is 20.5 Å². The first-order valence-electron chi connectivity index (χ1n) is 7.65. The van der Waals surface area contributed by atoms with Crippen LogP contribution < -0.4 is 16.8 Å². The summed E-state index contributed by atoms with van der Waals surface area (Å²) in [5.74, 6) is -0.266. The number of H-pyrrole nitrogens is 1. The summed E-state index contributed by atoms with van der Waals surface area (Å²) in [6.45, 7) is 1.80. The zero-order valence-electron chi connectivity index (χ0n) is 13.7. The summed E-state index contributed by atoms with van der Waals surface area (Å²) < 4.78 is 0. The Hall–Kier alpha value is -3.61. The monoisotopic (exact) mass is 334 g/mol. The zero-order chi connectivity index (χ0) is 17.8. The van der Waals surface area contributed by atoms with E-state index in [-0.39, 0.29) is 11.9 Å². The lowest BCUT2D eigenvalue weighted by Crippen LogP contribution is -2.22. The van der Waals surface area contributed by atoms with Gasteiger partial charge in [-0.25, -0.2) is 0 Å². The molecule has 0 aliphatic heterocycles. The lowest BCUT2D eigenvalue weighted by atomic mass is 10.1. The van der Waals surface area contributed by atoms with E-state index in [9.17, 15) is 4.79 Å². The zero-order valence-corrected chi connectivity index (χ0v) is 13.7. The van der Waals surface area contributed by atoms with Crippen molar-refractivity contribution in [2.45, 2.75) is 6.92 Å². The van der Waals surface area contributed by atoms with Crippen LogP contribution in [0.15, 0.2) is 64.9 Å². The molecule has 2 aromatic carbocycles. The molecular weight excluding hydrogens is 316 g/mol. The van der Waals surface area contributed by atoms with Gasteiger partial charge in [0.2, 0.25) is 5.96 Å². The van der Waals surface area contributed by atoms with Gasteiger partial charge in [0.15, 0.2) is 0 Å². The normalized spacial score (nSPS) is 11.3. The highest BCUT2D eigenvalue weighted by Crippen LogP contribution is 2.19. The van der Waals surface area contributed by atoms with Crippen molar-refractivity contribution >= 4 is 34.2 Å². The minimum Gasteiger partial charge on any atom is -0.369 e. The lowest BCUT2D eigenvalue weighted by molar-refractivity contribution is 0.102. The number of amides is 1. The van der Waals surface area contributed by atoms with Gasteiger partial charge in [-0.1, -0.05) is 30.3 Å². The van der Waals surface area contributed by atoms with Gasteiger partial charge in [-0.3, -0.25) is 4.79 Å². The number of nitrogens with two attached hydrogens (primary N) is 2. The number of nitrogens with zero attached hydrogens (tertiary/aromatic N) is 2. The molecule has 0 bridgehead atoms. The Bertz CT molecular complexity index is 965. The van der Waals surface area contributed by atoms with Crippen LogP contribution in [0, 0.1) is 0 Å². The predicted molar refractivity (Wildman–Crippen MR) is 101 cm³/mol. The van der Waals surface area contributed by atoms with E-state index in [0.717, 1.165) is 16.5 Å². The molecule has 7 heteroatoms. The number of carbonyl (C=O) groups is 1. The van der Waals surface area contributed by atoms with Gasteiger partial charge >= 0.3 is 0 Å². The molecule has 6 N–H and O–H groups in total. The van der Waals surface area contributed by atoms with Crippen LogP contribution in [0.3, 0.4) is 0 Å². The van der Waals surface area contributed by atoms with Gasteiger partial charge in [0, 0.05) is 22.8 Å². The van der Waals surface area contributed by atoms with Gasteiger partial charge in [0.1, 0.15) is 0 Å². The second-order valence-corrected chi connectivity index (χ2v) is 5.49. The molecule has 0 atom stereocenters. The molecule has 0 saturated carbocycles. The minimum absolute atomic E-state index is 0.0954. The highest BCUT2D eigenvalue weighted by atomic mass is 16.1. The molecule has 0 fully saturated rings. The van der Waals surface area contributed by atoms with Crippen LogP contribution >= 0.6 is 0 Å². The highest BCUT2D eigenvalue weighted by Gasteiger charge is 2.11.